The second kappa shape index (κ2) is 27.1. The van der Waals surface area contributed by atoms with Crippen LogP contribution in [0.2, 0.25) is 0 Å². The first-order valence-electron chi connectivity index (χ1n) is 10.6. The van der Waals surface area contributed by atoms with Crippen molar-refractivity contribution in [1.82, 2.24) is 0 Å². The second-order valence-corrected chi connectivity index (χ2v) is 8.33. The topological polar surface area (TPSA) is 127 Å². The molecule has 8 nitrogen and oxygen atoms in total. The van der Waals surface area contributed by atoms with Crippen molar-refractivity contribution in [3.63, 3.8) is 0 Å². The Balaban J connectivity index is -0.000000464. The van der Waals surface area contributed by atoms with Gasteiger partial charge in [0, 0.05) is 13.2 Å². The molecule has 0 aliphatic rings. The zero-order valence-corrected chi connectivity index (χ0v) is 19.0. The van der Waals surface area contributed by atoms with E-state index in [9.17, 15) is 18.0 Å². The van der Waals surface area contributed by atoms with Crippen molar-refractivity contribution in [1.29, 1.82) is 0 Å². The summed E-state index contributed by atoms with van der Waals surface area (Å²) in [6.45, 7) is 7.88. The fourth-order valence-electron chi connectivity index (χ4n) is 2.53. The van der Waals surface area contributed by atoms with Gasteiger partial charge in [-0.1, -0.05) is 64.7 Å². The number of unbranched alkanes of at least 4 members (excludes halogenated alkanes) is 9. The molecule has 0 saturated carbocycles. The van der Waals surface area contributed by atoms with Crippen LogP contribution in [-0.2, 0) is 29.2 Å². The van der Waals surface area contributed by atoms with Crippen LogP contribution in [0.4, 0.5) is 0 Å². The molecule has 0 aliphatic heterocycles. The molecule has 0 aromatic rings. The molecule has 0 amide bonds. The molecule has 0 aromatic heterocycles. The van der Waals surface area contributed by atoms with Crippen LogP contribution in [-0.4, -0.2) is 114 Å². The van der Waals surface area contributed by atoms with Gasteiger partial charge in [0.15, 0.2) is 5.25 Å². The van der Waals surface area contributed by atoms with Crippen molar-refractivity contribution < 1.29 is 37.1 Å². The van der Waals surface area contributed by atoms with Gasteiger partial charge in [0.1, 0.15) is 0 Å². The molecule has 0 rings (SSSR count). The molecule has 0 aromatic carbocycles. The molecular weight excluding hydrogens is 446 g/mol. The van der Waals surface area contributed by atoms with Gasteiger partial charge in [0.2, 0.25) is 0 Å². The van der Waals surface area contributed by atoms with E-state index in [0.29, 0.717) is 6.42 Å². The van der Waals surface area contributed by atoms with Gasteiger partial charge in [-0.15, -0.1) is 0 Å². The third-order valence-corrected chi connectivity index (χ3v) is 5.21. The van der Waals surface area contributed by atoms with Gasteiger partial charge in [0.05, 0.1) is 13.0 Å². The molecule has 0 aliphatic carbocycles. The first-order valence-corrected chi connectivity index (χ1v) is 12.1. The van der Waals surface area contributed by atoms with Crippen molar-refractivity contribution in [3.05, 3.63) is 0 Å². The molecule has 11 heteroatoms. The molecule has 0 heterocycles. The Bertz CT molecular complexity index is 513. The first kappa shape index (κ1) is 39.0. The molecule has 0 saturated heterocycles. The summed E-state index contributed by atoms with van der Waals surface area (Å²) in [5, 5.41) is 6.52. The van der Waals surface area contributed by atoms with E-state index < -0.39 is 33.7 Å². The van der Waals surface area contributed by atoms with Crippen molar-refractivity contribution >= 4 is 81.2 Å². The number of carbonyl (C=O) groups is 2. The van der Waals surface area contributed by atoms with E-state index in [-0.39, 0.29) is 65.7 Å². The van der Waals surface area contributed by atoms with Gasteiger partial charge in [0.25, 0.3) is 10.1 Å². The van der Waals surface area contributed by atoms with Crippen molar-refractivity contribution in [2.24, 2.45) is 0 Å². The van der Waals surface area contributed by atoms with E-state index in [1.165, 1.54) is 38.5 Å². The minimum absolute atomic E-state index is 0. The Morgan fingerprint density at radius 3 is 1.55 bits per heavy atom. The van der Waals surface area contributed by atoms with Crippen LogP contribution < -0.4 is 0 Å². The maximum atomic E-state index is 11.6. The van der Waals surface area contributed by atoms with Crippen molar-refractivity contribution in [3.8, 4) is 0 Å². The molecule has 0 fully saturated rings. The number of ether oxygens (including phenoxy) is 2. The molecule has 0 spiro atoms. The predicted molar refractivity (Wildman–Crippen MR) is 127 cm³/mol. The van der Waals surface area contributed by atoms with Crippen LogP contribution >= 0.6 is 0 Å². The molecule has 1 unspecified atom stereocenters. The Kier molecular flexibility index (Phi) is 34.1. The van der Waals surface area contributed by atoms with E-state index in [0.717, 1.165) is 32.5 Å². The normalized spacial score (nSPS) is 11.2. The zero-order chi connectivity index (χ0) is 22.5. The Morgan fingerprint density at radius 2 is 1.23 bits per heavy atom. The quantitative estimate of drug-likeness (QED) is 0.138. The van der Waals surface area contributed by atoms with Gasteiger partial charge in [-0.2, -0.15) is 8.42 Å². The molecule has 31 heavy (non-hydrogen) atoms. The van der Waals surface area contributed by atoms with Crippen LogP contribution in [0.25, 0.3) is 0 Å². The Labute approximate surface area is 232 Å². The first-order chi connectivity index (χ1) is 13.7. The van der Waals surface area contributed by atoms with Crippen molar-refractivity contribution in [2.75, 3.05) is 19.8 Å². The van der Waals surface area contributed by atoms with E-state index in [1.54, 1.807) is 0 Å². The van der Waals surface area contributed by atoms with Crippen LogP contribution in [0.1, 0.15) is 91.4 Å². The summed E-state index contributed by atoms with van der Waals surface area (Å²) in [6.07, 6.45) is 10.1. The van der Waals surface area contributed by atoms with Crippen LogP contribution in [0.3, 0.4) is 0 Å². The predicted octanol–water partition coefficient (Wildman–Crippen LogP) is 2.93. The van der Waals surface area contributed by atoms with E-state index >= 15 is 0 Å². The number of hydrogen-bond acceptors (Lipinski definition) is 6. The number of hydrogen-bond donors (Lipinski definition) is 2. The monoisotopic (exact) mass is 488 g/mol. The van der Waals surface area contributed by atoms with Gasteiger partial charge in [-0.3, -0.25) is 14.1 Å². The molecule has 2 N–H and O–H groups in total. The summed E-state index contributed by atoms with van der Waals surface area (Å²) in [7, 11) is -4.78. The average Bonchev–Trinajstić information content (AvgIpc) is 2.64. The number of carboxylic acid groups (broad SMARTS) is 1. The van der Waals surface area contributed by atoms with E-state index in [1.807, 2.05) is 13.8 Å². The average molecular weight is 489 g/mol. The van der Waals surface area contributed by atoms with Crippen LogP contribution in [0, 0.1) is 0 Å². The summed E-state index contributed by atoms with van der Waals surface area (Å²) in [4.78, 5) is 22.1. The Morgan fingerprint density at radius 1 is 0.806 bits per heavy atom. The molecule has 0 radical (unpaired) electrons. The number of rotatable bonds is 17. The summed E-state index contributed by atoms with van der Waals surface area (Å²) >= 11 is 0. The van der Waals surface area contributed by atoms with Crippen LogP contribution in [0.15, 0.2) is 0 Å². The van der Waals surface area contributed by atoms with E-state index in [2.05, 4.69) is 6.92 Å². The molecule has 178 valence electrons. The third kappa shape index (κ3) is 28.8. The SMILES string of the molecule is CCCCCCCCCCCCOC(=O)C(CC(=O)O)S(=O)(=O)O.CCOCC.[NaH].[NaH]. The fourth-order valence-corrected chi connectivity index (χ4v) is 3.19. The summed E-state index contributed by atoms with van der Waals surface area (Å²) < 4.78 is 40.5. The molecular formula is C20H42Na2O8S. The zero-order valence-electron chi connectivity index (χ0n) is 18.2. The van der Waals surface area contributed by atoms with Gasteiger partial charge >= 0.3 is 71.1 Å². The summed E-state index contributed by atoms with van der Waals surface area (Å²) in [6, 6.07) is 0. The Hall–Kier alpha value is 0.810. The number of carbonyl (C=O) groups excluding carboxylic acids is 1. The second-order valence-electron chi connectivity index (χ2n) is 6.73. The molecule has 0 bridgehead atoms. The van der Waals surface area contributed by atoms with Crippen LogP contribution in [0.5, 0.6) is 0 Å². The third-order valence-electron chi connectivity index (χ3n) is 4.13. The van der Waals surface area contributed by atoms with Gasteiger partial charge in [-0.05, 0) is 20.3 Å². The standard InChI is InChI=1S/C16H30O7S.C4H10O.2Na.2H/c1-2-3-4-5-6-7-8-9-10-11-12-23-16(19)14(13-15(17)18)24(20,21)22;1-3-5-4-2;;;;/h14H,2-13H2,1H3,(H,17,18)(H,20,21,22);3-4H2,1-2H3;;;;. The number of aliphatic carboxylic acids is 1. The van der Waals surface area contributed by atoms with E-state index in [4.69, 9.17) is 19.1 Å². The van der Waals surface area contributed by atoms with Gasteiger partial charge < -0.3 is 14.6 Å². The molecule has 1 atom stereocenters. The van der Waals surface area contributed by atoms with Gasteiger partial charge in [-0.25, -0.2) is 0 Å². The summed E-state index contributed by atoms with van der Waals surface area (Å²) in [5.74, 6) is -2.70. The summed E-state index contributed by atoms with van der Waals surface area (Å²) in [5.41, 5.74) is 0. The maximum absolute atomic E-state index is 11.6. The number of carboxylic acids is 1. The fraction of sp³-hybridized carbons (Fsp3) is 0.900. The number of esters is 1. The minimum atomic E-state index is -4.78. The van der Waals surface area contributed by atoms with Crippen molar-refractivity contribution in [2.45, 2.75) is 96.7 Å².